The first-order chi connectivity index (χ1) is 13.2. The molecule has 0 atom stereocenters. The Kier molecular flexibility index (Phi) is 4.90. The summed E-state index contributed by atoms with van der Waals surface area (Å²) in [5.41, 5.74) is 2.91. The lowest BCUT2D eigenvalue weighted by atomic mass is 10.1. The number of amides is 1. The monoisotopic (exact) mass is 373 g/mol. The number of hydrogen-bond acceptors (Lipinski definition) is 3. The van der Waals surface area contributed by atoms with E-state index in [1.165, 1.54) is 16.7 Å². The topological polar surface area (TPSA) is 38.3 Å². The maximum Gasteiger partial charge on any atom is 0.265 e. The van der Waals surface area contributed by atoms with Crippen LogP contribution in [-0.4, -0.2) is 5.91 Å². The van der Waals surface area contributed by atoms with Crippen molar-refractivity contribution in [3.05, 3.63) is 94.2 Å². The van der Waals surface area contributed by atoms with Crippen molar-refractivity contribution in [3.63, 3.8) is 0 Å². The van der Waals surface area contributed by atoms with Crippen molar-refractivity contribution in [2.24, 2.45) is 0 Å². The van der Waals surface area contributed by atoms with Crippen LogP contribution < -0.4 is 10.1 Å². The number of thiophene rings is 1. The minimum Gasteiger partial charge on any atom is -0.489 e. The maximum absolute atomic E-state index is 12.4. The van der Waals surface area contributed by atoms with E-state index in [-0.39, 0.29) is 5.91 Å². The Morgan fingerprint density at radius 2 is 1.81 bits per heavy atom. The number of hydrogen-bond donors (Lipinski definition) is 1. The molecule has 1 aromatic heterocycles. The zero-order valence-corrected chi connectivity index (χ0v) is 15.8. The lowest BCUT2D eigenvalue weighted by Gasteiger charge is -2.06. The van der Waals surface area contributed by atoms with Crippen LogP contribution >= 0.6 is 11.3 Å². The normalized spacial score (nSPS) is 10.7. The average molecular weight is 373 g/mol. The van der Waals surface area contributed by atoms with Gasteiger partial charge in [0.15, 0.2) is 0 Å². The fraction of sp³-hybridized carbons (Fsp3) is 0.0870. The average Bonchev–Trinajstić information content (AvgIpc) is 3.15. The van der Waals surface area contributed by atoms with E-state index in [1.54, 1.807) is 0 Å². The summed E-state index contributed by atoms with van der Waals surface area (Å²) in [7, 11) is 0. The predicted molar refractivity (Wildman–Crippen MR) is 112 cm³/mol. The molecule has 1 heterocycles. The van der Waals surface area contributed by atoms with Gasteiger partial charge >= 0.3 is 0 Å². The van der Waals surface area contributed by atoms with Gasteiger partial charge in [-0.2, -0.15) is 0 Å². The molecule has 3 aromatic carbocycles. The lowest BCUT2D eigenvalue weighted by molar-refractivity contribution is 0.103. The highest BCUT2D eigenvalue weighted by Gasteiger charge is 2.10. The molecule has 0 saturated carbocycles. The second-order valence-corrected chi connectivity index (χ2v) is 7.35. The van der Waals surface area contributed by atoms with Crippen molar-refractivity contribution >= 4 is 33.7 Å². The van der Waals surface area contributed by atoms with Crippen LogP contribution in [-0.2, 0) is 6.61 Å². The van der Waals surface area contributed by atoms with Gasteiger partial charge in [0, 0.05) is 11.3 Å². The molecule has 0 radical (unpaired) electrons. The van der Waals surface area contributed by atoms with Crippen molar-refractivity contribution < 1.29 is 9.53 Å². The molecule has 4 rings (SSSR count). The molecule has 4 heteroatoms. The minimum absolute atomic E-state index is 0.0949. The van der Waals surface area contributed by atoms with Crippen LogP contribution in [0, 0.1) is 6.92 Å². The molecule has 1 amide bonds. The molecule has 0 fully saturated rings. The number of fused-ring (bicyclic) bond motifs is 1. The third-order valence-electron chi connectivity index (χ3n) is 4.28. The summed E-state index contributed by atoms with van der Waals surface area (Å²) in [6.45, 7) is 2.44. The van der Waals surface area contributed by atoms with Gasteiger partial charge in [0.1, 0.15) is 12.4 Å². The second kappa shape index (κ2) is 7.64. The first-order valence-corrected chi connectivity index (χ1v) is 9.62. The first kappa shape index (κ1) is 17.3. The molecule has 1 N–H and O–H groups in total. The molecule has 134 valence electrons. The van der Waals surface area contributed by atoms with Crippen LogP contribution in [0.2, 0.25) is 0 Å². The van der Waals surface area contributed by atoms with Crippen LogP contribution in [0.3, 0.4) is 0 Å². The number of rotatable bonds is 5. The molecule has 0 spiro atoms. The highest BCUT2D eigenvalue weighted by Crippen LogP contribution is 2.23. The maximum atomic E-state index is 12.4. The summed E-state index contributed by atoms with van der Waals surface area (Å²) in [5, 5.41) is 7.24. The summed E-state index contributed by atoms with van der Waals surface area (Å²) < 4.78 is 5.90. The first-order valence-electron chi connectivity index (χ1n) is 8.74. The van der Waals surface area contributed by atoms with Crippen molar-refractivity contribution in [1.82, 2.24) is 0 Å². The number of anilines is 1. The Morgan fingerprint density at radius 1 is 0.963 bits per heavy atom. The van der Waals surface area contributed by atoms with Gasteiger partial charge in [-0.05, 0) is 59.0 Å². The molecule has 0 unspecified atom stereocenters. The lowest BCUT2D eigenvalue weighted by Crippen LogP contribution is -2.10. The number of aryl methyl sites for hydroxylation is 1. The third kappa shape index (κ3) is 4.18. The Labute approximate surface area is 162 Å². The zero-order valence-electron chi connectivity index (χ0n) is 14.9. The van der Waals surface area contributed by atoms with Crippen LogP contribution in [0.25, 0.3) is 10.8 Å². The molecular weight excluding hydrogens is 354 g/mol. The summed E-state index contributed by atoms with van der Waals surface area (Å²) in [6.07, 6.45) is 0. The molecule has 3 nitrogen and oxygen atoms in total. The van der Waals surface area contributed by atoms with E-state index in [0.717, 1.165) is 28.0 Å². The van der Waals surface area contributed by atoms with Gasteiger partial charge in [-0.25, -0.2) is 0 Å². The third-order valence-corrected chi connectivity index (χ3v) is 5.26. The Hall–Kier alpha value is -3.11. The number of benzene rings is 3. The van der Waals surface area contributed by atoms with Crippen molar-refractivity contribution in [2.75, 3.05) is 5.32 Å². The quantitative estimate of drug-likeness (QED) is 0.463. The van der Waals surface area contributed by atoms with E-state index in [2.05, 4.69) is 23.5 Å². The fourth-order valence-corrected chi connectivity index (χ4v) is 3.70. The smallest absolute Gasteiger partial charge is 0.265 e. The minimum atomic E-state index is -0.0949. The highest BCUT2D eigenvalue weighted by molar-refractivity contribution is 7.12. The summed E-state index contributed by atoms with van der Waals surface area (Å²) in [5.74, 6) is 0.730. The van der Waals surface area contributed by atoms with Gasteiger partial charge in [-0.1, -0.05) is 42.5 Å². The van der Waals surface area contributed by atoms with Gasteiger partial charge in [0.2, 0.25) is 0 Å². The van der Waals surface area contributed by atoms with Gasteiger partial charge in [0.25, 0.3) is 5.91 Å². The molecule has 4 aromatic rings. The Balaban J connectivity index is 1.40. The SMILES string of the molecule is Cc1cccc(NC(=O)c2cc(COc3ccc4ccccc4c3)cs2)c1. The van der Waals surface area contributed by atoms with Crippen LogP contribution in [0.5, 0.6) is 5.75 Å². The number of ether oxygens (including phenoxy) is 1. The van der Waals surface area contributed by atoms with E-state index < -0.39 is 0 Å². The predicted octanol–water partition coefficient (Wildman–Crippen LogP) is 6.04. The molecule has 0 saturated heterocycles. The summed E-state index contributed by atoms with van der Waals surface area (Å²) in [6, 6.07) is 23.9. The number of nitrogens with one attached hydrogen (secondary N) is 1. The summed E-state index contributed by atoms with van der Waals surface area (Å²) >= 11 is 1.43. The van der Waals surface area contributed by atoms with Crippen molar-refractivity contribution in [3.8, 4) is 5.75 Å². The fourth-order valence-electron chi connectivity index (χ4n) is 2.91. The van der Waals surface area contributed by atoms with Gasteiger partial charge in [-0.3, -0.25) is 4.79 Å². The largest absolute Gasteiger partial charge is 0.489 e. The molecule has 0 aliphatic carbocycles. The van der Waals surface area contributed by atoms with E-state index in [9.17, 15) is 4.79 Å². The zero-order chi connectivity index (χ0) is 18.6. The van der Waals surface area contributed by atoms with E-state index >= 15 is 0 Å². The molecule has 0 aliphatic heterocycles. The van der Waals surface area contributed by atoms with Crippen LogP contribution in [0.1, 0.15) is 20.8 Å². The van der Waals surface area contributed by atoms with E-state index in [4.69, 9.17) is 4.74 Å². The summed E-state index contributed by atoms with van der Waals surface area (Å²) in [4.78, 5) is 13.1. The number of carbonyl (C=O) groups excluding carboxylic acids is 1. The standard InChI is InChI=1S/C23H19NO2S/c1-16-5-4-8-20(11-16)24-23(25)22-12-17(15-27-22)14-26-21-10-9-18-6-2-3-7-19(18)13-21/h2-13,15H,14H2,1H3,(H,24,25). The Bertz CT molecular complexity index is 1100. The van der Waals surface area contributed by atoms with Crippen molar-refractivity contribution in [2.45, 2.75) is 13.5 Å². The van der Waals surface area contributed by atoms with E-state index in [0.29, 0.717) is 11.5 Å². The van der Waals surface area contributed by atoms with Crippen LogP contribution in [0.4, 0.5) is 5.69 Å². The molecule has 0 aliphatic rings. The van der Waals surface area contributed by atoms with Crippen molar-refractivity contribution in [1.29, 1.82) is 0 Å². The van der Waals surface area contributed by atoms with E-state index in [1.807, 2.05) is 66.9 Å². The molecule has 27 heavy (non-hydrogen) atoms. The second-order valence-electron chi connectivity index (χ2n) is 6.44. The molecule has 0 bridgehead atoms. The molecular formula is C23H19NO2S. The Morgan fingerprint density at radius 3 is 2.67 bits per heavy atom. The highest BCUT2D eigenvalue weighted by atomic mass is 32.1. The van der Waals surface area contributed by atoms with Crippen LogP contribution in [0.15, 0.2) is 78.2 Å². The van der Waals surface area contributed by atoms with Gasteiger partial charge in [0.05, 0.1) is 4.88 Å². The number of carbonyl (C=O) groups is 1. The van der Waals surface area contributed by atoms with Gasteiger partial charge in [-0.15, -0.1) is 11.3 Å². The van der Waals surface area contributed by atoms with Gasteiger partial charge < -0.3 is 10.1 Å².